The first-order valence-electron chi connectivity index (χ1n) is 7.85. The molecule has 0 aliphatic carbocycles. The van der Waals surface area contributed by atoms with E-state index < -0.39 is 6.10 Å². The molecule has 0 radical (unpaired) electrons. The number of pyridine rings is 2. The van der Waals surface area contributed by atoms with Crippen LogP contribution in [-0.4, -0.2) is 42.8 Å². The van der Waals surface area contributed by atoms with Crippen LogP contribution in [0.1, 0.15) is 24.0 Å². The Hall–Kier alpha value is -2.64. The molecule has 122 valence electrons. The Morgan fingerprint density at radius 1 is 1.21 bits per heavy atom. The number of β-amino-alcohol motifs (C(OH)–C–C–N with tert-alkyl or cyclic N) is 1. The van der Waals surface area contributed by atoms with E-state index in [0.717, 1.165) is 11.3 Å². The molecule has 3 aromatic rings. The normalized spacial score (nSPS) is 21.2. The molecule has 0 amide bonds. The summed E-state index contributed by atoms with van der Waals surface area (Å²) in [5.41, 5.74) is 1.76. The monoisotopic (exact) mass is 323 g/mol. The molecular formula is C17H17N5O2. The number of rotatable bonds is 4. The van der Waals surface area contributed by atoms with Crippen LogP contribution in [0, 0.1) is 0 Å². The van der Waals surface area contributed by atoms with E-state index >= 15 is 0 Å². The van der Waals surface area contributed by atoms with Crippen LogP contribution in [0.5, 0.6) is 0 Å². The zero-order chi connectivity index (χ0) is 16.4. The fourth-order valence-electron chi connectivity index (χ4n) is 2.99. The maximum absolute atomic E-state index is 10.1. The molecule has 0 aromatic carbocycles. The Balaban J connectivity index is 1.57. The first-order chi connectivity index (χ1) is 11.8. The van der Waals surface area contributed by atoms with Crippen LogP contribution in [0.4, 0.5) is 0 Å². The molecule has 1 saturated heterocycles. The summed E-state index contributed by atoms with van der Waals surface area (Å²) >= 11 is 0. The van der Waals surface area contributed by atoms with Gasteiger partial charge in [-0.05, 0) is 30.7 Å². The Morgan fingerprint density at radius 3 is 2.96 bits per heavy atom. The predicted molar refractivity (Wildman–Crippen MR) is 85.5 cm³/mol. The predicted octanol–water partition coefficient (Wildman–Crippen LogP) is 1.83. The minimum atomic E-state index is -0.410. The second-order valence-corrected chi connectivity index (χ2v) is 5.85. The minimum absolute atomic E-state index is 0.111. The number of nitrogens with zero attached hydrogens (tertiary/aromatic N) is 5. The Morgan fingerprint density at radius 2 is 2.17 bits per heavy atom. The molecule has 2 unspecified atom stereocenters. The molecule has 24 heavy (non-hydrogen) atoms. The van der Waals surface area contributed by atoms with E-state index in [1.807, 2.05) is 30.3 Å². The average Bonchev–Trinajstić information content (AvgIpc) is 3.23. The highest BCUT2D eigenvalue weighted by molar-refractivity contribution is 5.51. The lowest BCUT2D eigenvalue weighted by Crippen LogP contribution is -2.25. The Labute approximate surface area is 139 Å². The summed E-state index contributed by atoms with van der Waals surface area (Å²) in [5, 5.41) is 14.1. The van der Waals surface area contributed by atoms with Crippen molar-refractivity contribution in [3.8, 4) is 11.4 Å². The van der Waals surface area contributed by atoms with Crippen molar-refractivity contribution in [1.29, 1.82) is 0 Å². The van der Waals surface area contributed by atoms with Crippen molar-refractivity contribution >= 4 is 0 Å². The summed E-state index contributed by atoms with van der Waals surface area (Å²) in [7, 11) is 0. The maximum atomic E-state index is 10.1. The van der Waals surface area contributed by atoms with Gasteiger partial charge in [0.1, 0.15) is 0 Å². The standard InChI is InChI=1S/C17H17N5O2/c23-14-8-15(22(11-14)10-13-5-1-2-7-19-13)17-20-16(21-24-17)12-4-3-6-18-9-12/h1-7,9,14-15,23H,8,10-11H2. The topological polar surface area (TPSA) is 88.2 Å². The van der Waals surface area contributed by atoms with Crippen molar-refractivity contribution in [2.75, 3.05) is 6.54 Å². The quantitative estimate of drug-likeness (QED) is 0.783. The molecule has 7 nitrogen and oxygen atoms in total. The molecule has 0 bridgehead atoms. The smallest absolute Gasteiger partial charge is 0.244 e. The third kappa shape index (κ3) is 3.04. The molecule has 1 aliphatic heterocycles. The molecule has 0 saturated carbocycles. The van der Waals surface area contributed by atoms with Gasteiger partial charge in [-0.25, -0.2) is 0 Å². The van der Waals surface area contributed by atoms with Gasteiger partial charge >= 0.3 is 0 Å². The van der Waals surface area contributed by atoms with Crippen LogP contribution in [0.3, 0.4) is 0 Å². The fourth-order valence-corrected chi connectivity index (χ4v) is 2.99. The Kier molecular flexibility index (Phi) is 4.02. The molecule has 2 atom stereocenters. The van der Waals surface area contributed by atoms with Gasteiger partial charge in [0.2, 0.25) is 11.7 Å². The van der Waals surface area contributed by atoms with Crippen molar-refractivity contribution < 1.29 is 9.63 Å². The van der Waals surface area contributed by atoms with Crippen LogP contribution in [0.25, 0.3) is 11.4 Å². The zero-order valence-electron chi connectivity index (χ0n) is 13.0. The van der Waals surface area contributed by atoms with Crippen LogP contribution in [0.2, 0.25) is 0 Å². The zero-order valence-corrected chi connectivity index (χ0v) is 13.0. The SMILES string of the molecule is OC1CC(c2nc(-c3cccnc3)no2)N(Cc2ccccn2)C1. The molecular weight excluding hydrogens is 306 g/mol. The number of likely N-dealkylation sites (tertiary alicyclic amines) is 1. The largest absolute Gasteiger partial charge is 0.392 e. The second kappa shape index (κ2) is 6.46. The Bertz CT molecular complexity index is 793. The highest BCUT2D eigenvalue weighted by Crippen LogP contribution is 2.33. The van der Waals surface area contributed by atoms with Crippen molar-refractivity contribution in [2.24, 2.45) is 0 Å². The van der Waals surface area contributed by atoms with E-state index in [-0.39, 0.29) is 6.04 Å². The van der Waals surface area contributed by atoms with Crippen LogP contribution >= 0.6 is 0 Å². The number of aliphatic hydroxyl groups excluding tert-OH is 1. The van der Waals surface area contributed by atoms with E-state index in [0.29, 0.717) is 31.2 Å². The van der Waals surface area contributed by atoms with Crippen LogP contribution in [-0.2, 0) is 6.54 Å². The third-order valence-electron chi connectivity index (χ3n) is 4.12. The lowest BCUT2D eigenvalue weighted by molar-refractivity contribution is 0.168. The first-order valence-corrected chi connectivity index (χ1v) is 7.85. The molecule has 4 rings (SSSR count). The van der Waals surface area contributed by atoms with Gasteiger partial charge in [0.25, 0.3) is 0 Å². The summed E-state index contributed by atoms with van der Waals surface area (Å²) in [6, 6.07) is 9.42. The summed E-state index contributed by atoms with van der Waals surface area (Å²) in [6.07, 6.45) is 5.33. The fraction of sp³-hybridized carbons (Fsp3) is 0.294. The van der Waals surface area contributed by atoms with Gasteiger partial charge in [-0.3, -0.25) is 14.9 Å². The molecule has 1 N–H and O–H groups in total. The van der Waals surface area contributed by atoms with Crippen LogP contribution < -0.4 is 0 Å². The highest BCUT2D eigenvalue weighted by Gasteiger charge is 2.36. The number of hydrogen-bond donors (Lipinski definition) is 1. The van der Waals surface area contributed by atoms with Crippen molar-refractivity contribution in [3.05, 3.63) is 60.5 Å². The first kappa shape index (κ1) is 14.9. The summed E-state index contributed by atoms with van der Waals surface area (Å²) in [5.74, 6) is 1.03. The van der Waals surface area contributed by atoms with E-state index in [9.17, 15) is 5.11 Å². The van der Waals surface area contributed by atoms with E-state index in [4.69, 9.17) is 4.52 Å². The number of aliphatic hydroxyl groups is 1. The van der Waals surface area contributed by atoms with Crippen molar-refractivity contribution in [3.63, 3.8) is 0 Å². The van der Waals surface area contributed by atoms with Gasteiger partial charge in [-0.2, -0.15) is 4.98 Å². The van der Waals surface area contributed by atoms with Gasteiger partial charge in [0.15, 0.2) is 0 Å². The number of aromatic nitrogens is 4. The van der Waals surface area contributed by atoms with Gasteiger partial charge in [-0.15, -0.1) is 0 Å². The second-order valence-electron chi connectivity index (χ2n) is 5.85. The highest BCUT2D eigenvalue weighted by atomic mass is 16.5. The van der Waals surface area contributed by atoms with Gasteiger partial charge in [-0.1, -0.05) is 11.2 Å². The summed E-state index contributed by atoms with van der Waals surface area (Å²) in [6.45, 7) is 1.19. The molecule has 0 spiro atoms. The van der Waals surface area contributed by atoms with Crippen molar-refractivity contribution in [2.45, 2.75) is 25.1 Å². The molecule has 1 fully saturated rings. The van der Waals surface area contributed by atoms with Crippen LogP contribution in [0.15, 0.2) is 53.4 Å². The van der Waals surface area contributed by atoms with Gasteiger partial charge in [0, 0.05) is 37.2 Å². The molecule has 3 aromatic heterocycles. The average molecular weight is 323 g/mol. The lowest BCUT2D eigenvalue weighted by Gasteiger charge is -2.20. The summed E-state index contributed by atoms with van der Waals surface area (Å²) in [4.78, 5) is 15.0. The summed E-state index contributed by atoms with van der Waals surface area (Å²) < 4.78 is 5.46. The lowest BCUT2D eigenvalue weighted by atomic mass is 10.2. The van der Waals surface area contributed by atoms with Gasteiger partial charge in [0.05, 0.1) is 17.8 Å². The van der Waals surface area contributed by atoms with E-state index in [2.05, 4.69) is 25.0 Å². The van der Waals surface area contributed by atoms with Crippen molar-refractivity contribution in [1.82, 2.24) is 25.0 Å². The maximum Gasteiger partial charge on any atom is 0.244 e. The number of hydrogen-bond acceptors (Lipinski definition) is 7. The molecule has 4 heterocycles. The van der Waals surface area contributed by atoms with Gasteiger partial charge < -0.3 is 9.63 Å². The molecule has 7 heteroatoms. The molecule has 1 aliphatic rings. The van der Waals surface area contributed by atoms with E-state index in [1.165, 1.54) is 0 Å². The third-order valence-corrected chi connectivity index (χ3v) is 4.12. The van der Waals surface area contributed by atoms with E-state index in [1.54, 1.807) is 18.6 Å². The minimum Gasteiger partial charge on any atom is -0.392 e.